The van der Waals surface area contributed by atoms with Crippen molar-refractivity contribution in [3.63, 3.8) is 0 Å². The van der Waals surface area contributed by atoms with Crippen molar-refractivity contribution < 1.29 is 18.8 Å². The summed E-state index contributed by atoms with van der Waals surface area (Å²) in [5, 5.41) is 5.64. The van der Waals surface area contributed by atoms with Crippen LogP contribution in [0.15, 0.2) is 24.5 Å². The van der Waals surface area contributed by atoms with Crippen LogP contribution in [-0.4, -0.2) is 47.3 Å². The molecule has 8 nitrogen and oxygen atoms in total. The zero-order valence-corrected chi connectivity index (χ0v) is 18.5. The van der Waals surface area contributed by atoms with E-state index in [1.807, 2.05) is 0 Å². The second-order valence-electron chi connectivity index (χ2n) is 8.39. The number of carbonyl (C=O) groups is 3. The fourth-order valence-electron chi connectivity index (χ4n) is 4.80. The van der Waals surface area contributed by atoms with Crippen LogP contribution in [0, 0.1) is 11.2 Å². The van der Waals surface area contributed by atoms with Crippen LogP contribution in [0.4, 0.5) is 10.1 Å². The maximum Gasteiger partial charge on any atom is 0.272 e. The number of rotatable bonds is 4. The van der Waals surface area contributed by atoms with E-state index in [-0.39, 0.29) is 28.4 Å². The number of anilines is 1. The van der Waals surface area contributed by atoms with Gasteiger partial charge in [0, 0.05) is 25.0 Å². The molecule has 3 amide bonds. The van der Waals surface area contributed by atoms with Crippen LogP contribution in [0.3, 0.4) is 0 Å². The first-order valence-electron chi connectivity index (χ1n) is 10.7. The third-order valence-corrected chi connectivity index (χ3v) is 6.83. The molecule has 2 heterocycles. The largest absolute Gasteiger partial charge is 0.354 e. The first-order chi connectivity index (χ1) is 15.3. The summed E-state index contributed by atoms with van der Waals surface area (Å²) in [4.78, 5) is 46.3. The number of aromatic amines is 1. The van der Waals surface area contributed by atoms with Crippen molar-refractivity contribution in [2.45, 2.75) is 44.6 Å². The fraction of sp³-hybridized carbons (Fsp3) is 0.455. The van der Waals surface area contributed by atoms with Crippen LogP contribution in [0.1, 0.15) is 59.5 Å². The number of H-pyrrole nitrogens is 1. The SMILES string of the molecule is CNC(=O)c1[nH]cnc1C(=O)NC1CCC2(CCCN(c3ccc(F)cc3Cl)C2=O)CC1. The van der Waals surface area contributed by atoms with Crippen molar-refractivity contribution in [1.82, 2.24) is 20.6 Å². The summed E-state index contributed by atoms with van der Waals surface area (Å²) < 4.78 is 13.4. The highest BCUT2D eigenvalue weighted by Crippen LogP contribution is 2.46. The number of hydrogen-bond donors (Lipinski definition) is 3. The second kappa shape index (κ2) is 8.90. The lowest BCUT2D eigenvalue weighted by atomic mass is 9.67. The number of piperidine rings is 1. The highest BCUT2D eigenvalue weighted by Gasteiger charge is 2.46. The van der Waals surface area contributed by atoms with Crippen molar-refractivity contribution in [2.75, 3.05) is 18.5 Å². The van der Waals surface area contributed by atoms with E-state index in [9.17, 15) is 18.8 Å². The number of amides is 3. The minimum Gasteiger partial charge on any atom is -0.354 e. The van der Waals surface area contributed by atoms with E-state index >= 15 is 0 Å². The van der Waals surface area contributed by atoms with Crippen molar-refractivity contribution in [3.05, 3.63) is 46.8 Å². The Labute approximate surface area is 189 Å². The summed E-state index contributed by atoms with van der Waals surface area (Å²) in [5.41, 5.74) is 0.200. The molecule has 170 valence electrons. The Morgan fingerprint density at radius 3 is 2.69 bits per heavy atom. The highest BCUT2D eigenvalue weighted by atomic mass is 35.5. The van der Waals surface area contributed by atoms with Gasteiger partial charge in [-0.2, -0.15) is 0 Å². The Hall–Kier alpha value is -2.94. The van der Waals surface area contributed by atoms with E-state index in [2.05, 4.69) is 20.6 Å². The van der Waals surface area contributed by atoms with Crippen LogP contribution in [0.5, 0.6) is 0 Å². The highest BCUT2D eigenvalue weighted by molar-refractivity contribution is 6.33. The first-order valence-corrected chi connectivity index (χ1v) is 11.1. The van der Waals surface area contributed by atoms with Gasteiger partial charge in [0.1, 0.15) is 11.5 Å². The summed E-state index contributed by atoms with van der Waals surface area (Å²) >= 11 is 6.21. The second-order valence-corrected chi connectivity index (χ2v) is 8.80. The minimum absolute atomic E-state index is 0.0104. The Kier molecular flexibility index (Phi) is 6.19. The van der Waals surface area contributed by atoms with E-state index in [1.165, 1.54) is 25.5 Å². The van der Waals surface area contributed by atoms with Gasteiger partial charge in [0.2, 0.25) is 5.91 Å². The molecule has 2 aromatic rings. The minimum atomic E-state index is -0.503. The van der Waals surface area contributed by atoms with E-state index in [4.69, 9.17) is 11.6 Å². The van der Waals surface area contributed by atoms with Crippen molar-refractivity contribution in [3.8, 4) is 0 Å². The molecule has 0 radical (unpaired) electrons. The zero-order chi connectivity index (χ0) is 22.9. The number of hydrogen-bond acceptors (Lipinski definition) is 4. The van der Waals surface area contributed by atoms with Crippen molar-refractivity contribution in [1.29, 1.82) is 0 Å². The van der Waals surface area contributed by atoms with E-state index in [1.54, 1.807) is 11.0 Å². The molecule has 0 atom stereocenters. The lowest BCUT2D eigenvalue weighted by Gasteiger charge is -2.45. The van der Waals surface area contributed by atoms with E-state index in [0.717, 1.165) is 12.8 Å². The van der Waals surface area contributed by atoms with Gasteiger partial charge < -0.3 is 20.5 Å². The first kappa shape index (κ1) is 22.3. The molecule has 32 heavy (non-hydrogen) atoms. The number of nitrogens with zero attached hydrogens (tertiary/aromatic N) is 2. The molecule has 1 saturated carbocycles. The molecule has 1 saturated heterocycles. The molecule has 1 aromatic heterocycles. The molecule has 4 rings (SSSR count). The summed E-state index contributed by atoms with van der Waals surface area (Å²) in [7, 11) is 1.48. The number of benzene rings is 1. The Morgan fingerprint density at radius 1 is 1.25 bits per heavy atom. The molecule has 1 aliphatic carbocycles. The summed E-state index contributed by atoms with van der Waals surface area (Å²) in [6.07, 6.45) is 5.47. The van der Waals surface area contributed by atoms with Gasteiger partial charge in [-0.1, -0.05) is 11.6 Å². The Bertz CT molecular complexity index is 1050. The van der Waals surface area contributed by atoms with E-state index < -0.39 is 23.0 Å². The van der Waals surface area contributed by atoms with Gasteiger partial charge in [-0.25, -0.2) is 9.37 Å². The van der Waals surface area contributed by atoms with Gasteiger partial charge >= 0.3 is 0 Å². The third-order valence-electron chi connectivity index (χ3n) is 6.52. The summed E-state index contributed by atoms with van der Waals surface area (Å²) in [6, 6.07) is 3.97. The van der Waals surface area contributed by atoms with Crippen LogP contribution >= 0.6 is 11.6 Å². The fourth-order valence-corrected chi connectivity index (χ4v) is 5.07. The maximum atomic E-state index is 13.4. The molecule has 1 spiro atoms. The molecule has 2 fully saturated rings. The van der Waals surface area contributed by atoms with Gasteiger partial charge in [0.25, 0.3) is 11.8 Å². The number of halogens is 2. The van der Waals surface area contributed by atoms with Gasteiger partial charge in [-0.05, 0) is 56.7 Å². The van der Waals surface area contributed by atoms with Crippen LogP contribution in [0.25, 0.3) is 0 Å². The van der Waals surface area contributed by atoms with Crippen LogP contribution < -0.4 is 15.5 Å². The molecule has 2 aliphatic rings. The molecule has 1 aliphatic heterocycles. The number of aromatic nitrogens is 2. The lowest BCUT2D eigenvalue weighted by Crippen LogP contribution is -2.52. The average molecular weight is 462 g/mol. The number of carbonyl (C=O) groups excluding carboxylic acids is 3. The average Bonchev–Trinajstić information content (AvgIpc) is 3.27. The Balaban J connectivity index is 1.42. The monoisotopic (exact) mass is 461 g/mol. The zero-order valence-electron chi connectivity index (χ0n) is 17.7. The number of imidazole rings is 1. The predicted molar refractivity (Wildman–Crippen MR) is 117 cm³/mol. The van der Waals surface area contributed by atoms with Gasteiger partial charge in [0.15, 0.2) is 5.69 Å². The summed E-state index contributed by atoms with van der Waals surface area (Å²) in [6.45, 7) is 0.549. The van der Waals surface area contributed by atoms with Crippen molar-refractivity contribution in [2.24, 2.45) is 5.41 Å². The smallest absolute Gasteiger partial charge is 0.272 e. The van der Waals surface area contributed by atoms with Gasteiger partial charge in [-0.15, -0.1) is 0 Å². The van der Waals surface area contributed by atoms with Gasteiger partial charge in [0.05, 0.1) is 17.0 Å². The standard InChI is InChI=1S/C22H25ClFN5O3/c1-25-19(30)17-18(27-12-26-17)20(31)28-14-5-8-22(9-6-14)7-2-10-29(21(22)32)16-4-3-13(24)11-15(16)23/h3-4,11-12,14H,2,5-10H2,1H3,(H,25,30)(H,26,27)(H,28,31). The normalized spacial score (nSPS) is 23.3. The van der Waals surface area contributed by atoms with Crippen molar-refractivity contribution >= 4 is 35.0 Å². The Morgan fingerprint density at radius 2 is 2.00 bits per heavy atom. The van der Waals surface area contributed by atoms with Crippen LogP contribution in [0.2, 0.25) is 5.02 Å². The molecule has 0 bridgehead atoms. The quantitative estimate of drug-likeness (QED) is 0.650. The predicted octanol–water partition coefficient (Wildman–Crippen LogP) is 3.05. The molecule has 1 aromatic carbocycles. The van der Waals surface area contributed by atoms with Gasteiger partial charge in [-0.3, -0.25) is 14.4 Å². The van der Waals surface area contributed by atoms with Crippen LogP contribution in [-0.2, 0) is 4.79 Å². The topological polar surface area (TPSA) is 107 Å². The maximum absolute atomic E-state index is 13.4. The molecular formula is C22H25ClFN5O3. The number of nitrogens with one attached hydrogen (secondary N) is 3. The molecule has 10 heteroatoms. The third kappa shape index (κ3) is 4.09. The molecular weight excluding hydrogens is 437 g/mol. The lowest BCUT2D eigenvalue weighted by molar-refractivity contribution is -0.132. The van der Waals surface area contributed by atoms with E-state index in [0.29, 0.717) is 37.9 Å². The molecule has 3 N–H and O–H groups in total. The summed E-state index contributed by atoms with van der Waals surface area (Å²) in [5.74, 6) is -1.26. The molecule has 0 unspecified atom stereocenters.